The average Bonchev–Trinajstić information content (AvgIpc) is 2.43. The summed E-state index contributed by atoms with van der Waals surface area (Å²) in [4.78, 5) is 1.89. The second-order valence-corrected chi connectivity index (χ2v) is 6.15. The number of nitrogens with two attached hydrogens (primary N) is 1. The quantitative estimate of drug-likeness (QED) is 0.257. The van der Waals surface area contributed by atoms with E-state index in [1.165, 1.54) is 12.1 Å². The van der Waals surface area contributed by atoms with Gasteiger partial charge >= 0.3 is 0 Å². The molecule has 0 bridgehead atoms. The second kappa shape index (κ2) is 8.29. The van der Waals surface area contributed by atoms with Crippen molar-refractivity contribution in [3.05, 3.63) is 33.8 Å². The highest BCUT2D eigenvalue weighted by Gasteiger charge is 2.17. The third-order valence-corrected chi connectivity index (χ3v) is 3.57. The first-order chi connectivity index (χ1) is 9.85. The maximum absolute atomic E-state index is 14.0. The summed E-state index contributed by atoms with van der Waals surface area (Å²) in [6, 6.07) is 2.58. The third kappa shape index (κ3) is 5.59. The Labute approximate surface area is 131 Å². The van der Waals surface area contributed by atoms with Gasteiger partial charge in [0.1, 0.15) is 17.5 Å². The number of benzene rings is 1. The standard InChI is InChI=1S/C14H20BrF2N3O/c1-9(2)7-20(6-5-13(18)19-21)8-10-12(16)4-3-11(15)14(10)17/h3-4,9,21H,5-8H2,1-2H3,(H2,18,19). The van der Waals surface area contributed by atoms with Crippen LogP contribution in [0.2, 0.25) is 0 Å². The van der Waals surface area contributed by atoms with Crippen molar-refractivity contribution in [2.75, 3.05) is 13.1 Å². The zero-order valence-electron chi connectivity index (χ0n) is 12.1. The molecule has 118 valence electrons. The first-order valence-electron chi connectivity index (χ1n) is 6.66. The minimum absolute atomic E-state index is 0.0181. The lowest BCUT2D eigenvalue weighted by Gasteiger charge is -2.24. The normalized spacial score (nSPS) is 12.4. The van der Waals surface area contributed by atoms with E-state index in [4.69, 9.17) is 10.9 Å². The van der Waals surface area contributed by atoms with Crippen LogP contribution in [0.4, 0.5) is 8.78 Å². The molecule has 0 aromatic heterocycles. The van der Waals surface area contributed by atoms with Gasteiger partial charge in [0, 0.05) is 31.6 Å². The number of halogens is 3. The largest absolute Gasteiger partial charge is 0.409 e. The lowest BCUT2D eigenvalue weighted by molar-refractivity contribution is 0.234. The highest BCUT2D eigenvalue weighted by molar-refractivity contribution is 9.10. The molecule has 0 aliphatic rings. The van der Waals surface area contributed by atoms with E-state index < -0.39 is 11.6 Å². The van der Waals surface area contributed by atoms with Gasteiger partial charge in [-0.25, -0.2) is 8.78 Å². The van der Waals surface area contributed by atoms with Gasteiger partial charge in [-0.2, -0.15) is 0 Å². The molecule has 4 nitrogen and oxygen atoms in total. The summed E-state index contributed by atoms with van der Waals surface area (Å²) in [5, 5.41) is 11.5. The van der Waals surface area contributed by atoms with Crippen molar-refractivity contribution in [1.29, 1.82) is 0 Å². The van der Waals surface area contributed by atoms with Gasteiger partial charge in [0.25, 0.3) is 0 Å². The number of rotatable bonds is 7. The van der Waals surface area contributed by atoms with Gasteiger partial charge in [0.2, 0.25) is 0 Å². The Morgan fingerprint density at radius 1 is 1.43 bits per heavy atom. The van der Waals surface area contributed by atoms with Crippen LogP contribution in [0.1, 0.15) is 25.8 Å². The molecule has 1 aromatic rings. The van der Waals surface area contributed by atoms with E-state index in [0.29, 0.717) is 25.4 Å². The van der Waals surface area contributed by atoms with Crippen LogP contribution in [0.15, 0.2) is 21.8 Å². The Kier molecular flexibility index (Phi) is 7.04. The van der Waals surface area contributed by atoms with Crippen LogP contribution in [0.5, 0.6) is 0 Å². The fourth-order valence-electron chi connectivity index (χ4n) is 2.01. The van der Waals surface area contributed by atoms with Crippen molar-refractivity contribution in [2.24, 2.45) is 16.8 Å². The van der Waals surface area contributed by atoms with Crippen molar-refractivity contribution in [1.82, 2.24) is 4.90 Å². The Morgan fingerprint density at radius 3 is 2.67 bits per heavy atom. The maximum Gasteiger partial charge on any atom is 0.144 e. The topological polar surface area (TPSA) is 61.8 Å². The van der Waals surface area contributed by atoms with Crippen LogP contribution in [-0.4, -0.2) is 29.0 Å². The first-order valence-corrected chi connectivity index (χ1v) is 7.45. The fourth-order valence-corrected chi connectivity index (χ4v) is 2.38. The van der Waals surface area contributed by atoms with Gasteiger partial charge in [-0.15, -0.1) is 0 Å². The second-order valence-electron chi connectivity index (χ2n) is 5.29. The molecule has 0 aliphatic heterocycles. The van der Waals surface area contributed by atoms with Gasteiger partial charge < -0.3 is 10.9 Å². The van der Waals surface area contributed by atoms with Crippen LogP contribution >= 0.6 is 15.9 Å². The molecule has 0 unspecified atom stereocenters. The van der Waals surface area contributed by atoms with E-state index in [9.17, 15) is 8.78 Å². The number of hydrogen-bond acceptors (Lipinski definition) is 3. The smallest absolute Gasteiger partial charge is 0.144 e. The van der Waals surface area contributed by atoms with E-state index in [1.54, 1.807) is 0 Å². The molecule has 3 N–H and O–H groups in total. The summed E-state index contributed by atoms with van der Waals surface area (Å²) >= 11 is 3.06. The molecule has 0 atom stereocenters. The number of amidine groups is 1. The molecule has 0 heterocycles. The lowest BCUT2D eigenvalue weighted by Crippen LogP contribution is -2.31. The van der Waals surface area contributed by atoms with Crippen LogP contribution in [0.25, 0.3) is 0 Å². The SMILES string of the molecule is CC(C)CN(CC/C(N)=N/O)Cc1c(F)ccc(Br)c1F. The number of oxime groups is 1. The molecule has 0 aliphatic carbocycles. The highest BCUT2D eigenvalue weighted by Crippen LogP contribution is 2.23. The summed E-state index contributed by atoms with van der Waals surface area (Å²) in [6.45, 7) is 5.28. The van der Waals surface area contributed by atoms with E-state index >= 15 is 0 Å². The molecular weight excluding hydrogens is 344 g/mol. The van der Waals surface area contributed by atoms with Crippen LogP contribution in [0.3, 0.4) is 0 Å². The summed E-state index contributed by atoms with van der Waals surface area (Å²) in [6.07, 6.45) is 0.334. The summed E-state index contributed by atoms with van der Waals surface area (Å²) < 4.78 is 28.1. The minimum Gasteiger partial charge on any atom is -0.409 e. The van der Waals surface area contributed by atoms with E-state index in [2.05, 4.69) is 21.1 Å². The Balaban J connectivity index is 2.88. The molecular formula is C14H20BrF2N3O. The van der Waals surface area contributed by atoms with Crippen LogP contribution in [-0.2, 0) is 6.54 Å². The van der Waals surface area contributed by atoms with Crippen LogP contribution < -0.4 is 5.73 Å². The zero-order chi connectivity index (χ0) is 16.0. The van der Waals surface area contributed by atoms with E-state index in [1.807, 2.05) is 18.7 Å². The van der Waals surface area contributed by atoms with Gasteiger partial charge in [-0.05, 0) is 34.0 Å². The monoisotopic (exact) mass is 363 g/mol. The summed E-state index contributed by atoms with van der Waals surface area (Å²) in [7, 11) is 0. The average molecular weight is 364 g/mol. The van der Waals surface area contributed by atoms with Gasteiger partial charge in [-0.3, -0.25) is 4.90 Å². The van der Waals surface area contributed by atoms with E-state index in [0.717, 1.165) is 0 Å². The molecule has 0 radical (unpaired) electrons. The molecule has 0 amide bonds. The van der Waals surface area contributed by atoms with E-state index in [-0.39, 0.29) is 22.4 Å². The van der Waals surface area contributed by atoms with Gasteiger partial charge in [-0.1, -0.05) is 19.0 Å². The Bertz CT molecular complexity index is 509. The predicted octanol–water partition coefficient (Wildman–Crippen LogP) is 3.32. The zero-order valence-corrected chi connectivity index (χ0v) is 13.7. The molecule has 21 heavy (non-hydrogen) atoms. The Morgan fingerprint density at radius 2 is 2.10 bits per heavy atom. The van der Waals surface area contributed by atoms with Crippen molar-refractivity contribution in [3.8, 4) is 0 Å². The molecule has 1 rings (SSSR count). The molecule has 0 saturated carbocycles. The van der Waals surface area contributed by atoms with Gasteiger partial charge in [0.05, 0.1) is 4.47 Å². The third-order valence-electron chi connectivity index (χ3n) is 2.96. The van der Waals surface area contributed by atoms with Crippen molar-refractivity contribution in [3.63, 3.8) is 0 Å². The van der Waals surface area contributed by atoms with Crippen molar-refractivity contribution in [2.45, 2.75) is 26.8 Å². The lowest BCUT2D eigenvalue weighted by atomic mass is 10.1. The summed E-state index contributed by atoms with van der Waals surface area (Å²) in [5.41, 5.74) is 5.47. The van der Waals surface area contributed by atoms with Crippen molar-refractivity contribution < 1.29 is 14.0 Å². The Hall–Kier alpha value is -1.21. The fraction of sp³-hybridized carbons (Fsp3) is 0.500. The minimum atomic E-state index is -0.590. The van der Waals surface area contributed by atoms with Crippen molar-refractivity contribution >= 4 is 21.8 Å². The maximum atomic E-state index is 14.0. The molecule has 1 aromatic carbocycles. The number of nitrogens with zero attached hydrogens (tertiary/aromatic N) is 2. The molecule has 0 fully saturated rings. The molecule has 0 spiro atoms. The molecule has 0 saturated heterocycles. The van der Waals surface area contributed by atoms with Gasteiger partial charge in [0.15, 0.2) is 0 Å². The highest BCUT2D eigenvalue weighted by atomic mass is 79.9. The predicted molar refractivity (Wildman–Crippen MR) is 82.2 cm³/mol. The number of hydrogen-bond donors (Lipinski definition) is 2. The molecule has 7 heteroatoms. The van der Waals surface area contributed by atoms with Crippen LogP contribution in [0, 0.1) is 17.6 Å². The summed E-state index contributed by atoms with van der Waals surface area (Å²) in [5.74, 6) is -0.740. The first kappa shape index (κ1) is 17.8.